The summed E-state index contributed by atoms with van der Waals surface area (Å²) in [6, 6.07) is 12.4. The second-order valence-electron chi connectivity index (χ2n) is 5.74. The van der Waals surface area contributed by atoms with Crippen LogP contribution in [0.3, 0.4) is 0 Å². The highest BCUT2D eigenvalue weighted by Crippen LogP contribution is 2.34. The molecule has 0 bridgehead atoms. The predicted octanol–water partition coefficient (Wildman–Crippen LogP) is 4.12. The number of anilines is 1. The molecule has 0 fully saturated rings. The number of benzene rings is 2. The maximum Gasteiger partial charge on any atom is 0.307 e. The van der Waals surface area contributed by atoms with Crippen LogP contribution in [0.5, 0.6) is 11.5 Å². The van der Waals surface area contributed by atoms with E-state index in [9.17, 15) is 9.59 Å². The van der Waals surface area contributed by atoms with Crippen molar-refractivity contribution >= 4 is 40.9 Å². The van der Waals surface area contributed by atoms with Crippen LogP contribution in [0, 0.1) is 0 Å². The molecule has 0 spiro atoms. The van der Waals surface area contributed by atoms with Crippen molar-refractivity contribution in [2.75, 3.05) is 17.9 Å². The minimum absolute atomic E-state index is 0.161. The number of esters is 1. The molecule has 6 nitrogen and oxygen atoms in total. The normalized spacial score (nSPS) is 13.1. The quantitative estimate of drug-likeness (QED) is 0.549. The summed E-state index contributed by atoms with van der Waals surface area (Å²) in [5.74, 6) is 0.913. The van der Waals surface area contributed by atoms with Crippen LogP contribution in [0.25, 0.3) is 0 Å². The smallest absolute Gasteiger partial charge is 0.307 e. The van der Waals surface area contributed by atoms with Crippen molar-refractivity contribution in [1.82, 2.24) is 0 Å². The molecule has 1 atom stereocenters. The third-order valence-corrected chi connectivity index (χ3v) is 4.97. The van der Waals surface area contributed by atoms with Crippen LogP contribution < -0.4 is 14.8 Å². The number of ether oxygens (including phenoxy) is 3. The maximum absolute atomic E-state index is 12.2. The van der Waals surface area contributed by atoms with Crippen molar-refractivity contribution in [2.24, 2.45) is 0 Å². The molecule has 27 heavy (non-hydrogen) atoms. The van der Waals surface area contributed by atoms with Gasteiger partial charge in [-0.1, -0.05) is 11.6 Å². The Bertz CT molecular complexity index is 827. The second-order valence-corrected chi connectivity index (χ2v) is 7.35. The number of nitrogens with one attached hydrogen (secondary N) is 1. The maximum atomic E-state index is 12.2. The van der Waals surface area contributed by atoms with Crippen LogP contribution in [0.2, 0.25) is 5.02 Å². The van der Waals surface area contributed by atoms with Crippen molar-refractivity contribution < 1.29 is 23.8 Å². The molecule has 2 aromatic carbocycles. The van der Waals surface area contributed by atoms with Gasteiger partial charge in [0.2, 0.25) is 6.79 Å². The summed E-state index contributed by atoms with van der Waals surface area (Å²) in [6.45, 7) is 1.70. The van der Waals surface area contributed by atoms with Gasteiger partial charge in [-0.15, -0.1) is 11.8 Å². The van der Waals surface area contributed by atoms with E-state index in [0.29, 0.717) is 28.0 Å². The Labute approximate surface area is 166 Å². The highest BCUT2D eigenvalue weighted by molar-refractivity contribution is 7.99. The molecule has 0 saturated carbocycles. The molecule has 0 radical (unpaired) electrons. The van der Waals surface area contributed by atoms with Crippen LogP contribution in [0.4, 0.5) is 5.69 Å². The number of thioether (sulfide) groups is 1. The van der Waals surface area contributed by atoms with E-state index in [1.54, 1.807) is 30.3 Å². The van der Waals surface area contributed by atoms with Crippen LogP contribution in [-0.2, 0) is 14.3 Å². The average molecular weight is 408 g/mol. The largest absolute Gasteiger partial charge is 0.454 e. The van der Waals surface area contributed by atoms with E-state index < -0.39 is 18.0 Å². The monoisotopic (exact) mass is 407 g/mol. The number of hydrogen-bond acceptors (Lipinski definition) is 6. The van der Waals surface area contributed by atoms with Crippen molar-refractivity contribution in [3.63, 3.8) is 0 Å². The molecule has 3 rings (SSSR count). The average Bonchev–Trinajstić information content (AvgIpc) is 3.11. The molecule has 2 aromatic rings. The Balaban J connectivity index is 1.42. The zero-order chi connectivity index (χ0) is 19.2. The molecular weight excluding hydrogens is 390 g/mol. The summed E-state index contributed by atoms with van der Waals surface area (Å²) in [6.07, 6.45) is -0.696. The van der Waals surface area contributed by atoms with Gasteiger partial charge in [-0.3, -0.25) is 9.59 Å². The number of amides is 1. The lowest BCUT2D eigenvalue weighted by molar-refractivity contribution is -0.152. The zero-order valence-corrected chi connectivity index (χ0v) is 16.1. The Morgan fingerprint density at radius 1 is 1.19 bits per heavy atom. The van der Waals surface area contributed by atoms with Crippen LogP contribution in [0.15, 0.2) is 47.4 Å². The van der Waals surface area contributed by atoms with Gasteiger partial charge in [0.15, 0.2) is 17.6 Å². The highest BCUT2D eigenvalue weighted by atomic mass is 35.5. The Morgan fingerprint density at radius 2 is 1.93 bits per heavy atom. The Hall–Kier alpha value is -2.38. The van der Waals surface area contributed by atoms with E-state index in [-0.39, 0.29) is 13.2 Å². The van der Waals surface area contributed by atoms with Gasteiger partial charge in [-0.05, 0) is 43.3 Å². The van der Waals surface area contributed by atoms with E-state index in [0.717, 1.165) is 4.90 Å². The lowest BCUT2D eigenvalue weighted by Crippen LogP contribution is -2.30. The first-order chi connectivity index (χ1) is 13.0. The summed E-state index contributed by atoms with van der Waals surface area (Å²) in [7, 11) is 0. The first-order valence-electron chi connectivity index (χ1n) is 8.29. The van der Waals surface area contributed by atoms with Gasteiger partial charge >= 0.3 is 5.97 Å². The van der Waals surface area contributed by atoms with E-state index in [1.807, 2.05) is 12.1 Å². The third kappa shape index (κ3) is 5.55. The topological polar surface area (TPSA) is 73.9 Å². The van der Waals surface area contributed by atoms with Crippen molar-refractivity contribution in [3.05, 3.63) is 47.5 Å². The van der Waals surface area contributed by atoms with Gasteiger partial charge in [0.25, 0.3) is 5.91 Å². The number of carbonyl (C=O) groups excluding carboxylic acids is 2. The molecular formula is C19H18ClNO5S. The summed E-state index contributed by atoms with van der Waals surface area (Å²) in [5.41, 5.74) is 0.547. The van der Waals surface area contributed by atoms with Gasteiger partial charge in [0.05, 0.1) is 6.42 Å². The SMILES string of the molecule is C[C@@H](OC(=O)CCSc1ccc(Cl)cc1)C(=O)Nc1ccc2c(c1)OCO2. The molecule has 142 valence electrons. The van der Waals surface area contributed by atoms with E-state index >= 15 is 0 Å². The molecule has 1 aliphatic rings. The van der Waals surface area contributed by atoms with Gasteiger partial charge < -0.3 is 19.5 Å². The van der Waals surface area contributed by atoms with E-state index in [1.165, 1.54) is 18.7 Å². The van der Waals surface area contributed by atoms with Crippen molar-refractivity contribution in [1.29, 1.82) is 0 Å². The fourth-order valence-electron chi connectivity index (χ4n) is 2.31. The van der Waals surface area contributed by atoms with E-state index in [2.05, 4.69) is 5.32 Å². The molecule has 0 saturated heterocycles. The lowest BCUT2D eigenvalue weighted by atomic mass is 10.2. The first kappa shape index (κ1) is 19.4. The van der Waals surface area contributed by atoms with Crippen LogP contribution >= 0.6 is 23.4 Å². The first-order valence-corrected chi connectivity index (χ1v) is 9.66. The Morgan fingerprint density at radius 3 is 2.70 bits per heavy atom. The molecule has 0 unspecified atom stereocenters. The highest BCUT2D eigenvalue weighted by Gasteiger charge is 2.19. The zero-order valence-electron chi connectivity index (χ0n) is 14.6. The van der Waals surface area contributed by atoms with Crippen molar-refractivity contribution in [3.8, 4) is 11.5 Å². The number of fused-ring (bicyclic) bond motifs is 1. The number of halogens is 1. The van der Waals surface area contributed by atoms with Gasteiger partial charge in [-0.25, -0.2) is 0 Å². The Kier molecular flexibility index (Phi) is 6.47. The van der Waals surface area contributed by atoms with E-state index in [4.69, 9.17) is 25.8 Å². The van der Waals surface area contributed by atoms with Crippen LogP contribution in [0.1, 0.15) is 13.3 Å². The number of carbonyl (C=O) groups is 2. The van der Waals surface area contributed by atoms with Crippen molar-refractivity contribution in [2.45, 2.75) is 24.3 Å². The fraction of sp³-hybridized carbons (Fsp3) is 0.263. The third-order valence-electron chi connectivity index (χ3n) is 3.71. The molecule has 1 aliphatic heterocycles. The fourth-order valence-corrected chi connectivity index (χ4v) is 3.27. The molecule has 1 amide bonds. The van der Waals surface area contributed by atoms with Gasteiger partial charge in [-0.2, -0.15) is 0 Å². The minimum Gasteiger partial charge on any atom is -0.454 e. The molecule has 1 heterocycles. The second kappa shape index (κ2) is 9.01. The lowest BCUT2D eigenvalue weighted by Gasteiger charge is -2.13. The molecule has 8 heteroatoms. The van der Waals surface area contributed by atoms with Crippen LogP contribution in [-0.4, -0.2) is 30.5 Å². The number of hydrogen-bond donors (Lipinski definition) is 1. The molecule has 0 aliphatic carbocycles. The summed E-state index contributed by atoms with van der Waals surface area (Å²) in [5, 5.41) is 3.36. The molecule has 0 aromatic heterocycles. The summed E-state index contributed by atoms with van der Waals surface area (Å²) < 4.78 is 15.7. The molecule has 1 N–H and O–H groups in total. The summed E-state index contributed by atoms with van der Waals surface area (Å²) >= 11 is 7.36. The number of rotatable bonds is 7. The summed E-state index contributed by atoms with van der Waals surface area (Å²) in [4.78, 5) is 25.1. The minimum atomic E-state index is -0.900. The van der Waals surface area contributed by atoms with Gasteiger partial charge in [0, 0.05) is 27.4 Å². The predicted molar refractivity (Wildman–Crippen MR) is 104 cm³/mol. The standard InChI is InChI=1S/C19H18ClNO5S/c1-12(19(23)21-14-4-7-16-17(10-14)25-11-24-16)26-18(22)8-9-27-15-5-2-13(20)3-6-15/h2-7,10,12H,8-9,11H2,1H3,(H,21,23)/t12-/m1/s1. The van der Waals surface area contributed by atoms with Gasteiger partial charge in [0.1, 0.15) is 0 Å².